The van der Waals surface area contributed by atoms with Gasteiger partial charge in [-0.3, -0.25) is 4.79 Å². The average molecular weight is 378 g/mol. The summed E-state index contributed by atoms with van der Waals surface area (Å²) in [5.74, 6) is 1.29. The lowest BCUT2D eigenvalue weighted by Gasteiger charge is -2.12. The van der Waals surface area contributed by atoms with Crippen molar-refractivity contribution in [3.63, 3.8) is 0 Å². The van der Waals surface area contributed by atoms with Gasteiger partial charge in [0.05, 0.1) is 32.3 Å². The molecule has 28 heavy (non-hydrogen) atoms. The van der Waals surface area contributed by atoms with Crippen molar-refractivity contribution < 1.29 is 14.3 Å². The quantitative estimate of drug-likeness (QED) is 0.671. The van der Waals surface area contributed by atoms with Gasteiger partial charge >= 0.3 is 0 Å². The molecule has 0 spiro atoms. The molecule has 0 radical (unpaired) electrons. The summed E-state index contributed by atoms with van der Waals surface area (Å²) in [7, 11) is 3.09. The predicted molar refractivity (Wildman–Crippen MR) is 109 cm³/mol. The third-order valence-corrected chi connectivity index (χ3v) is 4.32. The van der Waals surface area contributed by atoms with Crippen LogP contribution < -0.4 is 20.1 Å². The predicted octanol–water partition coefficient (Wildman–Crippen LogP) is 4.11. The summed E-state index contributed by atoms with van der Waals surface area (Å²) in [5.41, 5.74) is 4.00. The Bertz CT molecular complexity index is 987. The van der Waals surface area contributed by atoms with Crippen LogP contribution in [0.1, 0.15) is 21.6 Å². The maximum atomic E-state index is 12.5. The first kappa shape index (κ1) is 19.2. The lowest BCUT2D eigenvalue weighted by Crippen LogP contribution is -2.15. The van der Waals surface area contributed by atoms with Crippen LogP contribution in [0.15, 0.2) is 48.8 Å². The van der Waals surface area contributed by atoms with Gasteiger partial charge < -0.3 is 20.1 Å². The van der Waals surface area contributed by atoms with Crippen molar-refractivity contribution in [2.24, 2.45) is 0 Å². The molecule has 1 aromatic heterocycles. The van der Waals surface area contributed by atoms with Crippen LogP contribution in [-0.2, 0) is 0 Å². The maximum absolute atomic E-state index is 12.5. The van der Waals surface area contributed by atoms with E-state index in [9.17, 15) is 4.79 Å². The first-order valence-electron chi connectivity index (χ1n) is 8.70. The number of aromatic nitrogens is 2. The van der Waals surface area contributed by atoms with Crippen LogP contribution in [0.4, 0.5) is 17.2 Å². The summed E-state index contributed by atoms with van der Waals surface area (Å²) in [5, 5.41) is 5.95. The molecule has 1 amide bonds. The van der Waals surface area contributed by atoms with E-state index in [-0.39, 0.29) is 5.69 Å². The topological polar surface area (TPSA) is 85.4 Å². The SMILES string of the molecule is COc1ccc(OC)c(NC(=O)c2cnc(Nc3ccc(C)c(C)c3)cn2)c1. The molecule has 3 rings (SSSR count). The smallest absolute Gasteiger partial charge is 0.275 e. The molecule has 0 aliphatic rings. The number of methoxy groups -OCH3 is 2. The monoisotopic (exact) mass is 378 g/mol. The summed E-state index contributed by atoms with van der Waals surface area (Å²) in [6, 6.07) is 11.2. The first-order chi connectivity index (χ1) is 13.5. The number of nitrogens with one attached hydrogen (secondary N) is 2. The Labute approximate surface area is 163 Å². The van der Waals surface area contributed by atoms with E-state index >= 15 is 0 Å². The highest BCUT2D eigenvalue weighted by Gasteiger charge is 2.13. The molecule has 144 valence electrons. The number of anilines is 3. The van der Waals surface area contributed by atoms with Crippen molar-refractivity contribution in [2.75, 3.05) is 24.9 Å². The molecule has 3 aromatic rings. The molecule has 0 atom stereocenters. The molecular weight excluding hydrogens is 356 g/mol. The van der Waals surface area contributed by atoms with Crippen molar-refractivity contribution >= 4 is 23.1 Å². The fourth-order valence-electron chi connectivity index (χ4n) is 2.57. The van der Waals surface area contributed by atoms with E-state index in [1.165, 1.54) is 30.6 Å². The van der Waals surface area contributed by atoms with E-state index in [4.69, 9.17) is 9.47 Å². The number of carbonyl (C=O) groups is 1. The Morgan fingerprint density at radius 2 is 1.75 bits per heavy atom. The number of benzene rings is 2. The van der Waals surface area contributed by atoms with Gasteiger partial charge in [0.15, 0.2) is 0 Å². The van der Waals surface area contributed by atoms with Gasteiger partial charge in [-0.25, -0.2) is 9.97 Å². The van der Waals surface area contributed by atoms with Crippen LogP contribution in [0, 0.1) is 13.8 Å². The third-order valence-electron chi connectivity index (χ3n) is 4.32. The Hall–Kier alpha value is -3.61. The summed E-state index contributed by atoms with van der Waals surface area (Å²) in [4.78, 5) is 21.0. The number of hydrogen-bond donors (Lipinski definition) is 2. The second-order valence-electron chi connectivity index (χ2n) is 6.23. The minimum Gasteiger partial charge on any atom is -0.497 e. The summed E-state index contributed by atoms with van der Waals surface area (Å²) >= 11 is 0. The molecule has 0 unspecified atom stereocenters. The van der Waals surface area contributed by atoms with Crippen LogP contribution in [0.5, 0.6) is 11.5 Å². The van der Waals surface area contributed by atoms with Gasteiger partial charge in [-0.05, 0) is 49.2 Å². The lowest BCUT2D eigenvalue weighted by molar-refractivity contribution is 0.102. The minimum absolute atomic E-state index is 0.190. The summed E-state index contributed by atoms with van der Waals surface area (Å²) < 4.78 is 10.5. The highest BCUT2D eigenvalue weighted by atomic mass is 16.5. The number of ether oxygens (including phenoxy) is 2. The van der Waals surface area contributed by atoms with Gasteiger partial charge in [-0.2, -0.15) is 0 Å². The minimum atomic E-state index is -0.392. The normalized spacial score (nSPS) is 10.3. The van der Waals surface area contributed by atoms with Crippen molar-refractivity contribution in [3.8, 4) is 11.5 Å². The number of aryl methyl sites for hydroxylation is 2. The third kappa shape index (κ3) is 4.37. The van der Waals surface area contributed by atoms with E-state index in [0.29, 0.717) is 23.0 Å². The van der Waals surface area contributed by atoms with Crippen molar-refractivity contribution in [1.29, 1.82) is 0 Å². The molecule has 0 saturated carbocycles. The molecule has 7 nitrogen and oxygen atoms in total. The van der Waals surface area contributed by atoms with Crippen molar-refractivity contribution in [1.82, 2.24) is 9.97 Å². The van der Waals surface area contributed by atoms with E-state index in [2.05, 4.69) is 27.5 Å². The highest BCUT2D eigenvalue weighted by Crippen LogP contribution is 2.29. The van der Waals surface area contributed by atoms with Gasteiger partial charge in [0, 0.05) is 11.8 Å². The molecule has 0 aliphatic carbocycles. The summed E-state index contributed by atoms with van der Waals surface area (Å²) in [6.07, 6.45) is 2.94. The van der Waals surface area contributed by atoms with E-state index in [0.717, 1.165) is 5.69 Å². The average Bonchev–Trinajstić information content (AvgIpc) is 2.71. The second kappa shape index (κ2) is 8.39. The summed E-state index contributed by atoms with van der Waals surface area (Å²) in [6.45, 7) is 4.11. The van der Waals surface area contributed by atoms with Crippen LogP contribution in [0.3, 0.4) is 0 Å². The van der Waals surface area contributed by atoms with Crippen LogP contribution >= 0.6 is 0 Å². The van der Waals surface area contributed by atoms with Crippen molar-refractivity contribution in [2.45, 2.75) is 13.8 Å². The van der Waals surface area contributed by atoms with Gasteiger partial charge in [0.25, 0.3) is 5.91 Å². The zero-order chi connectivity index (χ0) is 20.1. The van der Waals surface area contributed by atoms with Crippen LogP contribution in [-0.4, -0.2) is 30.1 Å². The molecule has 2 N–H and O–H groups in total. The zero-order valence-corrected chi connectivity index (χ0v) is 16.2. The van der Waals surface area contributed by atoms with Gasteiger partial charge in [0.2, 0.25) is 0 Å². The fraction of sp³-hybridized carbons (Fsp3) is 0.190. The Morgan fingerprint density at radius 1 is 0.929 bits per heavy atom. The second-order valence-corrected chi connectivity index (χ2v) is 6.23. The lowest BCUT2D eigenvalue weighted by atomic mass is 10.1. The van der Waals surface area contributed by atoms with Gasteiger partial charge in [-0.15, -0.1) is 0 Å². The molecule has 0 fully saturated rings. The molecule has 7 heteroatoms. The van der Waals surface area contributed by atoms with Crippen LogP contribution in [0.25, 0.3) is 0 Å². The Morgan fingerprint density at radius 3 is 2.39 bits per heavy atom. The number of hydrogen-bond acceptors (Lipinski definition) is 6. The molecule has 1 heterocycles. The molecule has 0 bridgehead atoms. The molecule has 0 saturated heterocycles. The fourth-order valence-corrected chi connectivity index (χ4v) is 2.57. The zero-order valence-electron chi connectivity index (χ0n) is 16.2. The highest BCUT2D eigenvalue weighted by molar-refractivity contribution is 6.03. The van der Waals surface area contributed by atoms with E-state index in [1.807, 2.05) is 25.1 Å². The van der Waals surface area contributed by atoms with Gasteiger partial charge in [-0.1, -0.05) is 6.07 Å². The number of amides is 1. The number of rotatable bonds is 6. The standard InChI is InChI=1S/C21H22N4O3/c1-13-5-6-15(9-14(13)2)24-20-12-22-18(11-23-20)21(26)25-17-10-16(27-3)7-8-19(17)28-4/h5-12H,1-4H3,(H,23,24)(H,25,26). The molecule has 0 aliphatic heterocycles. The number of nitrogens with zero attached hydrogens (tertiary/aromatic N) is 2. The Balaban J connectivity index is 1.72. The van der Waals surface area contributed by atoms with Gasteiger partial charge in [0.1, 0.15) is 23.0 Å². The number of carbonyl (C=O) groups excluding carboxylic acids is 1. The maximum Gasteiger partial charge on any atom is 0.275 e. The van der Waals surface area contributed by atoms with E-state index in [1.54, 1.807) is 25.3 Å². The Kier molecular flexibility index (Phi) is 5.74. The molecule has 2 aromatic carbocycles. The molecular formula is C21H22N4O3. The van der Waals surface area contributed by atoms with Crippen LogP contribution in [0.2, 0.25) is 0 Å². The largest absolute Gasteiger partial charge is 0.497 e. The van der Waals surface area contributed by atoms with Crippen molar-refractivity contribution in [3.05, 3.63) is 65.6 Å². The first-order valence-corrected chi connectivity index (χ1v) is 8.70. The van der Waals surface area contributed by atoms with E-state index < -0.39 is 5.91 Å².